The minimum atomic E-state index is -9.44. The molecule has 3 nitrogen and oxygen atoms in total. The van der Waals surface area contributed by atoms with Crippen molar-refractivity contribution < 1.29 is 145 Å². The monoisotopic (exact) mass is 885 g/mol. The van der Waals surface area contributed by atoms with Gasteiger partial charge >= 0.3 is 89.6 Å². The topological polar surface area (TPSA) is 38.7 Å². The number of halogens is 33. The Morgan fingerprint density at radius 3 is 0.611 bits per heavy atom. The lowest BCUT2D eigenvalue weighted by Gasteiger charge is -2.42. The molecular weight excluding hydrogens is 885 g/mol. The molecule has 0 aromatic carbocycles. The Balaban J connectivity index is 4.33. The highest BCUT2D eigenvalue weighted by Crippen LogP contribution is 2.67. The van der Waals surface area contributed by atoms with Crippen molar-refractivity contribution in [1.82, 2.24) is 15.4 Å². The molecule has 318 valence electrons. The molecule has 1 rings (SSSR count). The Morgan fingerprint density at radius 2 is 0.426 bits per heavy atom. The van der Waals surface area contributed by atoms with Crippen molar-refractivity contribution >= 4 is 0 Å². The summed E-state index contributed by atoms with van der Waals surface area (Å²) in [5, 5.41) is 2.59. The Bertz CT molecular complexity index is 1440. The molecule has 0 spiro atoms. The quantitative estimate of drug-likeness (QED) is 0.196. The molecule has 36 heteroatoms. The van der Waals surface area contributed by atoms with E-state index in [2.05, 4.69) is 0 Å². The maximum absolute atomic E-state index is 14.5. The van der Waals surface area contributed by atoms with Gasteiger partial charge in [0.1, 0.15) is 5.56 Å². The maximum atomic E-state index is 14.5. The van der Waals surface area contributed by atoms with E-state index < -0.39 is 107 Å². The third-order valence-corrected chi connectivity index (χ3v) is 6.30. The molecule has 0 radical (unpaired) electrons. The molecule has 0 saturated carbocycles. The van der Waals surface area contributed by atoms with Crippen LogP contribution in [0.25, 0.3) is 0 Å². The summed E-state index contributed by atoms with van der Waals surface area (Å²) in [5.74, 6) is -109. The zero-order chi connectivity index (χ0) is 44.4. The van der Waals surface area contributed by atoms with Crippen LogP contribution in [0, 0.1) is 0 Å². The number of nitrogens with zero attached hydrogens (tertiary/aromatic N) is 3. The van der Waals surface area contributed by atoms with Gasteiger partial charge in [-0.3, -0.25) is 0 Å². The summed E-state index contributed by atoms with van der Waals surface area (Å²) >= 11 is 0. The fourth-order valence-corrected chi connectivity index (χ4v) is 3.26. The second-order valence-corrected chi connectivity index (χ2v) is 9.75. The number of rotatable bonds is 12. The molecular formula is C18F33N3. The van der Waals surface area contributed by atoms with Gasteiger partial charge in [-0.1, -0.05) is 0 Å². The van der Waals surface area contributed by atoms with Crippen LogP contribution in [0.1, 0.15) is 17.0 Å². The van der Waals surface area contributed by atoms with Crippen LogP contribution in [0.3, 0.4) is 0 Å². The lowest BCUT2D eigenvalue weighted by molar-refractivity contribution is -0.454. The van der Waals surface area contributed by atoms with Crippen LogP contribution in [0.4, 0.5) is 145 Å². The first kappa shape index (κ1) is 48.7. The minimum absolute atomic E-state index is 0.832. The predicted octanol–water partition coefficient (Wildman–Crippen LogP) is 10.6. The lowest BCUT2D eigenvalue weighted by atomic mass is 9.86. The Hall–Kier alpha value is -3.30. The number of hydrogen-bond donors (Lipinski definition) is 0. The summed E-state index contributed by atoms with van der Waals surface area (Å²) in [6, 6.07) is 0. The van der Waals surface area contributed by atoms with Crippen molar-refractivity contribution in [1.29, 1.82) is 0 Å². The van der Waals surface area contributed by atoms with E-state index in [0.717, 1.165) is 15.4 Å². The average Bonchev–Trinajstić information content (AvgIpc) is 2.93. The third-order valence-electron chi connectivity index (χ3n) is 6.30. The fourth-order valence-electron chi connectivity index (χ4n) is 3.26. The van der Waals surface area contributed by atoms with Gasteiger partial charge in [0.25, 0.3) is 0 Å². The molecule has 1 aromatic heterocycles. The molecule has 1 heterocycles. The van der Waals surface area contributed by atoms with E-state index in [9.17, 15) is 145 Å². The van der Waals surface area contributed by atoms with E-state index in [1.54, 1.807) is 0 Å². The van der Waals surface area contributed by atoms with Crippen LogP contribution in [-0.2, 0) is 18.0 Å². The molecule has 0 fully saturated rings. The first-order valence-electron chi connectivity index (χ1n) is 11.3. The van der Waals surface area contributed by atoms with E-state index in [0.29, 0.717) is 0 Å². The van der Waals surface area contributed by atoms with E-state index >= 15 is 0 Å². The van der Waals surface area contributed by atoms with E-state index in [1.807, 2.05) is 0 Å². The molecule has 0 N–H and O–H groups in total. The van der Waals surface area contributed by atoms with Gasteiger partial charge in [-0.15, -0.1) is 10.2 Å². The van der Waals surface area contributed by atoms with Crippen molar-refractivity contribution in [2.45, 2.75) is 89.6 Å². The van der Waals surface area contributed by atoms with Gasteiger partial charge in [-0.2, -0.15) is 145 Å². The van der Waals surface area contributed by atoms with Crippen LogP contribution in [0.2, 0.25) is 0 Å². The van der Waals surface area contributed by atoms with Crippen LogP contribution >= 0.6 is 0 Å². The second-order valence-electron chi connectivity index (χ2n) is 9.75. The summed E-state index contributed by atoms with van der Waals surface area (Å²) in [4.78, 5) is 0. The molecule has 0 aliphatic heterocycles. The molecule has 0 saturated heterocycles. The molecule has 0 amide bonds. The molecule has 1 aromatic rings. The summed E-state index contributed by atoms with van der Waals surface area (Å²) < 4.78 is 444. The molecule has 0 aliphatic carbocycles. The zero-order valence-corrected chi connectivity index (χ0v) is 22.8. The van der Waals surface area contributed by atoms with Crippen LogP contribution < -0.4 is 0 Å². The second kappa shape index (κ2) is 12.1. The Morgan fingerprint density at radius 1 is 0.241 bits per heavy atom. The highest BCUT2D eigenvalue weighted by Gasteiger charge is 2.95. The van der Waals surface area contributed by atoms with Gasteiger partial charge in [-0.25, -0.2) is 0 Å². The van der Waals surface area contributed by atoms with Gasteiger partial charge in [0, 0.05) is 0 Å². The largest absolute Gasteiger partial charge is 0.460 e. The summed E-state index contributed by atoms with van der Waals surface area (Å²) in [5.41, 5.74) is -15.9. The van der Waals surface area contributed by atoms with E-state index in [4.69, 9.17) is 0 Å². The number of aromatic nitrogens is 3. The smallest absolute Gasteiger partial charge is 0.192 e. The van der Waals surface area contributed by atoms with Crippen molar-refractivity contribution in [2.24, 2.45) is 0 Å². The van der Waals surface area contributed by atoms with Gasteiger partial charge in [0.05, 0.1) is 0 Å². The average molecular weight is 885 g/mol. The van der Waals surface area contributed by atoms with Gasteiger partial charge < -0.3 is 0 Å². The van der Waals surface area contributed by atoms with Gasteiger partial charge in [0.15, 0.2) is 11.4 Å². The van der Waals surface area contributed by atoms with Crippen molar-refractivity contribution in [3.63, 3.8) is 0 Å². The Kier molecular flexibility index (Phi) is 10.9. The van der Waals surface area contributed by atoms with Crippen LogP contribution in [-0.4, -0.2) is 87.0 Å². The number of hydrogen-bond acceptors (Lipinski definition) is 3. The van der Waals surface area contributed by atoms with E-state index in [-0.39, 0.29) is 0 Å². The number of alkyl halides is 33. The van der Waals surface area contributed by atoms with Crippen molar-refractivity contribution in [3.05, 3.63) is 17.0 Å². The molecule has 54 heavy (non-hydrogen) atoms. The maximum Gasteiger partial charge on any atom is 0.460 e. The van der Waals surface area contributed by atoms with Crippen LogP contribution in [0.15, 0.2) is 0 Å². The molecule has 0 unspecified atom stereocenters. The molecule has 0 bridgehead atoms. The van der Waals surface area contributed by atoms with Gasteiger partial charge in [-0.05, 0) is 5.21 Å². The molecule has 0 atom stereocenters. The summed E-state index contributed by atoms with van der Waals surface area (Å²) in [7, 11) is 0. The predicted molar refractivity (Wildman–Crippen MR) is 94.2 cm³/mol. The van der Waals surface area contributed by atoms with Crippen LogP contribution in [0.5, 0.6) is 0 Å². The normalized spacial score (nSPS) is 16.6. The minimum Gasteiger partial charge on any atom is -0.192 e. The van der Waals surface area contributed by atoms with E-state index in [1.165, 1.54) is 0 Å². The fraction of sp³-hybridized carbons (Fsp3) is 0.833. The Labute approximate surface area is 268 Å². The zero-order valence-electron chi connectivity index (χ0n) is 22.8. The lowest BCUT2D eigenvalue weighted by Crippen LogP contribution is -2.72. The SMILES string of the molecule is FC(F)(F)c1c(C(F)(F)C(F)(F)C(F)(F)C(F)(F)C(F)(F)C(F)(F)C(F)(F)F)nnnc1C(F)(F)C(F)(F)C(F)(F)C(F)(F)C(F)(F)C(F)(F)C(F)(F)F. The van der Waals surface area contributed by atoms with Gasteiger partial charge in [0.2, 0.25) is 0 Å². The third kappa shape index (κ3) is 5.93. The first-order chi connectivity index (χ1) is 22.8. The highest BCUT2D eigenvalue weighted by molar-refractivity contribution is 5.37. The summed E-state index contributed by atoms with van der Waals surface area (Å²) in [6.45, 7) is 0. The highest BCUT2D eigenvalue weighted by atomic mass is 19.4. The van der Waals surface area contributed by atoms with Crippen molar-refractivity contribution in [3.8, 4) is 0 Å². The summed E-state index contributed by atoms with van der Waals surface area (Å²) in [6.07, 6.45) is -24.6. The molecule has 0 aliphatic rings. The standard InChI is InChI=1S/C18F33N3/c19-4(20,7(26,27)9(30,31)11(34,35)13(38,39)15(42,43)17(46,47)48)2-1(6(23,24)25)3(53-54-52-2)5(21,22)8(28,29)10(32,33)12(36,37)14(40,41)16(44,45)18(49,50)51. The van der Waals surface area contributed by atoms with Crippen molar-refractivity contribution in [2.75, 3.05) is 0 Å². The first-order valence-corrected chi connectivity index (χ1v) is 11.3.